The normalized spacial score (nSPS) is 16.3. The Morgan fingerprint density at radius 1 is 1.16 bits per heavy atom. The topological polar surface area (TPSA) is 92.3 Å². The highest BCUT2D eigenvalue weighted by atomic mass is 35.5. The zero-order valence-corrected chi connectivity index (χ0v) is 22.2. The fraction of sp³-hybridized carbons (Fsp3) is 0.276. The van der Waals surface area contributed by atoms with Crippen LogP contribution >= 0.6 is 11.6 Å². The van der Waals surface area contributed by atoms with E-state index in [-0.39, 0.29) is 36.4 Å². The third kappa shape index (κ3) is 4.97. The molecule has 0 fully saturated rings. The van der Waals surface area contributed by atoms with Crippen molar-refractivity contribution in [2.75, 3.05) is 24.4 Å². The van der Waals surface area contributed by atoms with E-state index in [0.29, 0.717) is 28.4 Å². The van der Waals surface area contributed by atoms with Crippen LogP contribution < -0.4 is 25.0 Å². The van der Waals surface area contributed by atoms with E-state index in [9.17, 15) is 9.59 Å². The Labute approximate surface area is 226 Å². The van der Waals surface area contributed by atoms with Crippen LogP contribution in [0, 0.1) is 0 Å². The first-order valence-electron chi connectivity index (χ1n) is 12.4. The second kappa shape index (κ2) is 10.8. The molecule has 9 heteroatoms. The molecule has 0 spiro atoms. The number of hydrogen-bond donors (Lipinski definition) is 2. The summed E-state index contributed by atoms with van der Waals surface area (Å²) in [6.07, 6.45) is 2.55. The lowest BCUT2D eigenvalue weighted by molar-refractivity contribution is -0.117. The number of para-hydroxylation sites is 1. The summed E-state index contributed by atoms with van der Waals surface area (Å²) in [7, 11) is 3.27. The van der Waals surface area contributed by atoms with Crippen molar-refractivity contribution >= 4 is 46.7 Å². The van der Waals surface area contributed by atoms with Gasteiger partial charge in [-0.2, -0.15) is 0 Å². The van der Waals surface area contributed by atoms with Crippen molar-refractivity contribution in [1.82, 2.24) is 5.32 Å². The quantitative estimate of drug-likeness (QED) is 0.405. The standard InChI is InChI=1S/C29H29ClN4O4/c1-17(31-2)28(35)33-21-9-18(14-30)8-19(10-21)16-38-27-13-24-23(12-26(27)37-3)29(36)34-22(15-32-24)11-20-6-4-5-7-25(20)34/h4-10,12-13,15,17,22,31H,11,14,16H2,1-3H3,(H,33,35)/t17?,22-/m0/s1. The number of anilines is 2. The van der Waals surface area contributed by atoms with Gasteiger partial charge in [0.25, 0.3) is 5.91 Å². The van der Waals surface area contributed by atoms with Crippen LogP contribution in [0.25, 0.3) is 0 Å². The van der Waals surface area contributed by atoms with Gasteiger partial charge >= 0.3 is 0 Å². The minimum absolute atomic E-state index is 0.122. The van der Waals surface area contributed by atoms with Crippen molar-refractivity contribution in [2.45, 2.75) is 37.9 Å². The number of nitrogens with zero attached hydrogens (tertiary/aromatic N) is 2. The van der Waals surface area contributed by atoms with Gasteiger partial charge in [-0.05, 0) is 54.9 Å². The number of fused-ring (bicyclic) bond motifs is 4. The van der Waals surface area contributed by atoms with Crippen LogP contribution in [0.2, 0.25) is 0 Å². The number of halogens is 1. The Morgan fingerprint density at radius 3 is 2.71 bits per heavy atom. The first kappa shape index (κ1) is 25.8. The van der Waals surface area contributed by atoms with Crippen LogP contribution in [0.4, 0.5) is 17.1 Å². The summed E-state index contributed by atoms with van der Waals surface area (Å²) in [5, 5.41) is 5.83. The molecule has 0 radical (unpaired) electrons. The van der Waals surface area contributed by atoms with E-state index in [2.05, 4.69) is 15.6 Å². The van der Waals surface area contributed by atoms with Gasteiger partial charge in [0.05, 0.1) is 30.4 Å². The summed E-state index contributed by atoms with van der Waals surface area (Å²) in [5.41, 5.74) is 5.34. The molecule has 2 aliphatic heterocycles. The second-order valence-corrected chi connectivity index (χ2v) is 9.60. The summed E-state index contributed by atoms with van der Waals surface area (Å²) >= 11 is 6.10. The first-order valence-corrected chi connectivity index (χ1v) is 12.9. The molecule has 2 heterocycles. The van der Waals surface area contributed by atoms with Gasteiger partial charge in [-0.15, -0.1) is 11.6 Å². The molecular weight excluding hydrogens is 504 g/mol. The highest BCUT2D eigenvalue weighted by Gasteiger charge is 2.36. The lowest BCUT2D eigenvalue weighted by Gasteiger charge is -2.22. The van der Waals surface area contributed by atoms with Gasteiger partial charge in [0.1, 0.15) is 6.61 Å². The number of ether oxygens (including phenoxy) is 2. The number of rotatable bonds is 8. The van der Waals surface area contributed by atoms with Gasteiger partial charge in [0.2, 0.25) is 5.91 Å². The highest BCUT2D eigenvalue weighted by Crippen LogP contribution is 2.41. The second-order valence-electron chi connectivity index (χ2n) is 9.33. The van der Waals surface area contributed by atoms with Crippen LogP contribution in [-0.4, -0.2) is 44.3 Å². The molecule has 8 nitrogen and oxygen atoms in total. The minimum Gasteiger partial charge on any atom is -0.493 e. The Kier molecular flexibility index (Phi) is 7.35. The van der Waals surface area contributed by atoms with E-state index in [4.69, 9.17) is 21.1 Å². The maximum absolute atomic E-state index is 13.6. The summed E-state index contributed by atoms with van der Waals surface area (Å²) in [5.74, 6) is 0.915. The van der Waals surface area contributed by atoms with Crippen molar-refractivity contribution in [3.05, 3.63) is 76.9 Å². The molecule has 0 saturated heterocycles. The van der Waals surface area contributed by atoms with Crippen molar-refractivity contribution in [1.29, 1.82) is 0 Å². The van der Waals surface area contributed by atoms with Gasteiger partial charge in [-0.1, -0.05) is 24.3 Å². The average molecular weight is 533 g/mol. The van der Waals surface area contributed by atoms with Crippen molar-refractivity contribution < 1.29 is 19.1 Å². The molecule has 5 rings (SSSR count). The third-order valence-corrected chi connectivity index (χ3v) is 7.13. The van der Waals surface area contributed by atoms with E-state index in [1.165, 1.54) is 7.11 Å². The van der Waals surface area contributed by atoms with E-state index in [1.807, 2.05) is 48.7 Å². The van der Waals surface area contributed by atoms with Gasteiger partial charge < -0.3 is 20.1 Å². The number of nitrogens with one attached hydrogen (secondary N) is 2. The molecule has 38 heavy (non-hydrogen) atoms. The van der Waals surface area contributed by atoms with Gasteiger partial charge in [-0.3, -0.25) is 19.5 Å². The maximum atomic E-state index is 13.6. The maximum Gasteiger partial charge on any atom is 0.261 e. The summed E-state index contributed by atoms with van der Waals surface area (Å²) in [6.45, 7) is 1.98. The van der Waals surface area contributed by atoms with Crippen LogP contribution in [0.1, 0.15) is 34.0 Å². The largest absolute Gasteiger partial charge is 0.493 e. The Hall–Kier alpha value is -3.88. The number of carbonyl (C=O) groups excluding carboxylic acids is 2. The number of benzene rings is 3. The van der Waals surface area contributed by atoms with Crippen LogP contribution in [0.3, 0.4) is 0 Å². The number of amides is 2. The Balaban J connectivity index is 1.40. The van der Waals surface area contributed by atoms with Crippen molar-refractivity contribution in [2.24, 2.45) is 4.99 Å². The summed E-state index contributed by atoms with van der Waals surface area (Å²) in [4.78, 5) is 32.4. The number of hydrogen-bond acceptors (Lipinski definition) is 6. The van der Waals surface area contributed by atoms with Crippen molar-refractivity contribution in [3.63, 3.8) is 0 Å². The minimum atomic E-state index is -0.342. The Morgan fingerprint density at radius 2 is 1.95 bits per heavy atom. The molecule has 196 valence electrons. The molecule has 3 aromatic carbocycles. The summed E-state index contributed by atoms with van der Waals surface area (Å²) in [6, 6.07) is 16.5. The molecule has 2 aliphatic rings. The molecule has 1 unspecified atom stereocenters. The van der Waals surface area contributed by atoms with Gasteiger partial charge in [0, 0.05) is 36.0 Å². The highest BCUT2D eigenvalue weighted by molar-refractivity contribution is 6.17. The third-order valence-electron chi connectivity index (χ3n) is 6.82. The molecule has 2 atom stereocenters. The van der Waals surface area contributed by atoms with Crippen LogP contribution in [0.15, 0.2) is 59.6 Å². The van der Waals surface area contributed by atoms with E-state index >= 15 is 0 Å². The molecule has 2 amide bonds. The SMILES string of the molecule is CNC(C)C(=O)Nc1cc(CCl)cc(COc2cc3c(cc2OC)C(=O)N2c4ccccc4C[C@H]2C=N3)c1. The number of aliphatic imine (C=N–C) groups is 1. The predicted molar refractivity (Wildman–Crippen MR) is 149 cm³/mol. The van der Waals surface area contributed by atoms with E-state index in [0.717, 1.165) is 28.8 Å². The fourth-order valence-electron chi connectivity index (χ4n) is 4.73. The molecule has 0 bridgehead atoms. The smallest absolute Gasteiger partial charge is 0.261 e. The van der Waals surface area contributed by atoms with Crippen LogP contribution in [-0.2, 0) is 23.7 Å². The zero-order valence-electron chi connectivity index (χ0n) is 21.5. The van der Waals surface area contributed by atoms with Gasteiger partial charge in [-0.25, -0.2) is 0 Å². The molecule has 2 N–H and O–H groups in total. The van der Waals surface area contributed by atoms with E-state index in [1.54, 1.807) is 31.0 Å². The van der Waals surface area contributed by atoms with Crippen molar-refractivity contribution in [3.8, 4) is 11.5 Å². The zero-order chi connectivity index (χ0) is 26.8. The number of carbonyl (C=O) groups is 2. The monoisotopic (exact) mass is 532 g/mol. The fourth-order valence-corrected chi connectivity index (χ4v) is 4.88. The average Bonchev–Trinajstić information content (AvgIpc) is 3.25. The number of alkyl halides is 1. The molecule has 0 saturated carbocycles. The number of methoxy groups -OCH3 is 1. The molecular formula is C29H29ClN4O4. The first-order chi connectivity index (χ1) is 18.4. The predicted octanol–water partition coefficient (Wildman–Crippen LogP) is 4.85. The molecule has 3 aromatic rings. The molecule has 0 aromatic heterocycles. The molecule has 0 aliphatic carbocycles. The van der Waals surface area contributed by atoms with Gasteiger partial charge in [0.15, 0.2) is 11.5 Å². The lowest BCUT2D eigenvalue weighted by atomic mass is 10.1. The van der Waals surface area contributed by atoms with E-state index < -0.39 is 0 Å². The Bertz CT molecular complexity index is 1420. The summed E-state index contributed by atoms with van der Waals surface area (Å²) < 4.78 is 11.7. The number of likely N-dealkylation sites (N-methyl/N-ethyl adjacent to an activating group) is 1. The lowest BCUT2D eigenvalue weighted by Crippen LogP contribution is -2.37. The van der Waals surface area contributed by atoms with Crippen LogP contribution in [0.5, 0.6) is 11.5 Å².